The number of aromatic nitrogens is 1. The third-order valence-corrected chi connectivity index (χ3v) is 5.05. The average molecular weight is 346 g/mol. The second-order valence-corrected chi connectivity index (χ2v) is 6.62. The molecule has 0 saturated carbocycles. The molecule has 3 rings (SSSR count). The van der Waals surface area contributed by atoms with Crippen molar-refractivity contribution < 1.29 is 14.3 Å². The number of nitrogens with one attached hydrogen (secondary N) is 1. The molecule has 1 N–H and O–H groups in total. The number of hydrogen-bond acceptors (Lipinski definition) is 5. The van der Waals surface area contributed by atoms with Gasteiger partial charge in [0.05, 0.1) is 5.92 Å². The first-order chi connectivity index (χ1) is 12.2. The number of carbonyl (C=O) groups excluding carboxylic acids is 2. The number of rotatable bonds is 3. The van der Waals surface area contributed by atoms with Gasteiger partial charge < -0.3 is 15.0 Å². The molecule has 2 saturated heterocycles. The normalized spacial score (nSPS) is 23.1. The molecular formula is C18H26N4O3. The molecule has 25 heavy (non-hydrogen) atoms. The van der Waals surface area contributed by atoms with Crippen LogP contribution >= 0.6 is 0 Å². The molecule has 7 nitrogen and oxygen atoms in total. The van der Waals surface area contributed by atoms with Gasteiger partial charge in [-0.25, -0.2) is 0 Å². The van der Waals surface area contributed by atoms with Crippen molar-refractivity contribution in [3.63, 3.8) is 0 Å². The van der Waals surface area contributed by atoms with Crippen LogP contribution in [0.5, 0.6) is 0 Å². The van der Waals surface area contributed by atoms with Crippen LogP contribution in [0.4, 0.5) is 0 Å². The highest BCUT2D eigenvalue weighted by Gasteiger charge is 2.33. The van der Waals surface area contributed by atoms with Gasteiger partial charge in [0, 0.05) is 58.7 Å². The van der Waals surface area contributed by atoms with Gasteiger partial charge in [0.25, 0.3) is 5.91 Å². The van der Waals surface area contributed by atoms with E-state index in [0.29, 0.717) is 31.4 Å². The lowest BCUT2D eigenvalue weighted by Crippen LogP contribution is -2.45. The predicted octanol–water partition coefficient (Wildman–Crippen LogP) is 0.381. The van der Waals surface area contributed by atoms with Crippen molar-refractivity contribution in [2.45, 2.75) is 18.9 Å². The monoisotopic (exact) mass is 346 g/mol. The fourth-order valence-electron chi connectivity index (χ4n) is 3.63. The van der Waals surface area contributed by atoms with Gasteiger partial charge in [0.15, 0.2) is 0 Å². The molecule has 3 heterocycles. The van der Waals surface area contributed by atoms with Gasteiger partial charge in [-0.3, -0.25) is 19.5 Å². The van der Waals surface area contributed by atoms with Crippen LogP contribution < -0.4 is 5.32 Å². The van der Waals surface area contributed by atoms with Crippen molar-refractivity contribution >= 4 is 11.8 Å². The lowest BCUT2D eigenvalue weighted by molar-refractivity contribution is -0.125. The fourth-order valence-corrected chi connectivity index (χ4v) is 3.63. The molecular weight excluding hydrogens is 320 g/mol. The summed E-state index contributed by atoms with van der Waals surface area (Å²) in [5, 5.41) is 2.74. The minimum absolute atomic E-state index is 0.0159. The summed E-state index contributed by atoms with van der Waals surface area (Å²) in [5.74, 6) is -0.357. The van der Waals surface area contributed by atoms with E-state index in [-0.39, 0.29) is 17.7 Å². The largest absolute Gasteiger partial charge is 0.381 e. The zero-order valence-electron chi connectivity index (χ0n) is 14.7. The Kier molecular flexibility index (Phi) is 5.99. The summed E-state index contributed by atoms with van der Waals surface area (Å²) < 4.78 is 5.46. The maximum absolute atomic E-state index is 12.8. The summed E-state index contributed by atoms with van der Waals surface area (Å²) in [5.41, 5.74) is 0.428. The second kappa shape index (κ2) is 8.40. The van der Waals surface area contributed by atoms with Gasteiger partial charge in [-0.2, -0.15) is 0 Å². The molecule has 0 aromatic carbocycles. The van der Waals surface area contributed by atoms with Gasteiger partial charge in [-0.1, -0.05) is 6.07 Å². The van der Waals surface area contributed by atoms with Crippen LogP contribution in [0.3, 0.4) is 0 Å². The van der Waals surface area contributed by atoms with E-state index in [2.05, 4.69) is 15.2 Å². The smallest absolute Gasteiger partial charge is 0.272 e. The third-order valence-electron chi connectivity index (χ3n) is 5.05. The van der Waals surface area contributed by atoms with Crippen molar-refractivity contribution in [3.05, 3.63) is 30.1 Å². The van der Waals surface area contributed by atoms with Crippen LogP contribution in [0.15, 0.2) is 24.4 Å². The Hall–Kier alpha value is -1.99. The average Bonchev–Trinajstić information content (AvgIpc) is 2.91. The van der Waals surface area contributed by atoms with Gasteiger partial charge in [-0.15, -0.1) is 0 Å². The fraction of sp³-hybridized carbons (Fsp3) is 0.611. The molecule has 0 unspecified atom stereocenters. The van der Waals surface area contributed by atoms with E-state index in [1.165, 1.54) is 0 Å². The van der Waals surface area contributed by atoms with Crippen LogP contribution in [0.2, 0.25) is 0 Å². The summed E-state index contributed by atoms with van der Waals surface area (Å²) in [7, 11) is 1.65. The van der Waals surface area contributed by atoms with Crippen LogP contribution in [-0.4, -0.2) is 79.1 Å². The zero-order chi connectivity index (χ0) is 17.6. The maximum atomic E-state index is 12.8. The quantitative estimate of drug-likeness (QED) is 0.856. The lowest BCUT2D eigenvalue weighted by Gasteiger charge is -2.34. The summed E-state index contributed by atoms with van der Waals surface area (Å²) in [6.07, 6.45) is 3.58. The number of ether oxygens (including phenoxy) is 1. The van der Waals surface area contributed by atoms with Crippen molar-refractivity contribution in [2.75, 3.05) is 46.4 Å². The number of nitrogens with zero attached hydrogens (tertiary/aromatic N) is 3. The van der Waals surface area contributed by atoms with Gasteiger partial charge in [-0.05, 0) is 25.0 Å². The first-order valence-electron chi connectivity index (χ1n) is 8.92. The summed E-state index contributed by atoms with van der Waals surface area (Å²) >= 11 is 0. The Bertz CT molecular complexity index is 589. The highest BCUT2D eigenvalue weighted by molar-refractivity contribution is 5.92. The predicted molar refractivity (Wildman–Crippen MR) is 93.1 cm³/mol. The van der Waals surface area contributed by atoms with Crippen molar-refractivity contribution in [3.8, 4) is 0 Å². The Morgan fingerprint density at radius 1 is 1.20 bits per heavy atom. The van der Waals surface area contributed by atoms with E-state index >= 15 is 0 Å². The zero-order valence-corrected chi connectivity index (χ0v) is 14.7. The highest BCUT2D eigenvalue weighted by Crippen LogP contribution is 2.20. The van der Waals surface area contributed by atoms with E-state index in [4.69, 9.17) is 4.74 Å². The molecule has 0 aliphatic carbocycles. The number of amides is 2. The molecule has 2 aliphatic heterocycles. The minimum atomic E-state index is -0.233. The molecule has 0 radical (unpaired) electrons. The van der Waals surface area contributed by atoms with E-state index in [9.17, 15) is 9.59 Å². The third kappa shape index (κ3) is 4.35. The van der Waals surface area contributed by atoms with Crippen LogP contribution in [0.25, 0.3) is 0 Å². The molecule has 2 fully saturated rings. The molecule has 0 bridgehead atoms. The molecule has 1 aromatic heterocycles. The minimum Gasteiger partial charge on any atom is -0.381 e. The molecule has 136 valence electrons. The Labute approximate surface area is 148 Å². The Balaban J connectivity index is 1.75. The van der Waals surface area contributed by atoms with Crippen LogP contribution in [0.1, 0.15) is 23.3 Å². The van der Waals surface area contributed by atoms with E-state index < -0.39 is 0 Å². The molecule has 2 aliphatic rings. The van der Waals surface area contributed by atoms with Gasteiger partial charge >= 0.3 is 0 Å². The second-order valence-electron chi connectivity index (χ2n) is 6.62. The lowest BCUT2D eigenvalue weighted by atomic mass is 10.0. The first kappa shape index (κ1) is 17.8. The topological polar surface area (TPSA) is 74.8 Å². The number of pyridine rings is 1. The molecule has 1 atom stereocenters. The number of carbonyl (C=O) groups is 2. The van der Waals surface area contributed by atoms with Crippen molar-refractivity contribution in [1.82, 2.24) is 20.1 Å². The van der Waals surface area contributed by atoms with E-state index in [1.54, 1.807) is 30.3 Å². The SMILES string of the molecule is CNC(=O)[C@H]1CN(C(=O)c2ccccn2)CCN(C2CCOCC2)C1. The summed E-state index contributed by atoms with van der Waals surface area (Å²) in [4.78, 5) is 33.4. The Morgan fingerprint density at radius 3 is 2.68 bits per heavy atom. The molecule has 1 aromatic rings. The highest BCUT2D eigenvalue weighted by atomic mass is 16.5. The van der Waals surface area contributed by atoms with Gasteiger partial charge in [0.1, 0.15) is 5.69 Å². The Morgan fingerprint density at radius 2 is 2.00 bits per heavy atom. The number of hydrogen-bond donors (Lipinski definition) is 1. The molecule has 2 amide bonds. The van der Waals surface area contributed by atoms with E-state index in [1.807, 2.05) is 6.07 Å². The standard InChI is InChI=1S/C18H26N4O3/c1-19-17(23)14-12-21(15-5-10-25-11-6-15)8-9-22(13-14)18(24)16-4-2-3-7-20-16/h2-4,7,14-15H,5-6,8-13H2,1H3,(H,19,23)/t14-/m1/s1. The molecule has 0 spiro atoms. The van der Waals surface area contributed by atoms with Gasteiger partial charge in [0.2, 0.25) is 5.91 Å². The van der Waals surface area contributed by atoms with E-state index in [0.717, 1.165) is 32.6 Å². The van der Waals surface area contributed by atoms with Crippen LogP contribution in [-0.2, 0) is 9.53 Å². The van der Waals surface area contributed by atoms with Crippen molar-refractivity contribution in [1.29, 1.82) is 0 Å². The first-order valence-corrected chi connectivity index (χ1v) is 8.92. The summed E-state index contributed by atoms with van der Waals surface area (Å²) in [6, 6.07) is 5.74. The van der Waals surface area contributed by atoms with Crippen molar-refractivity contribution in [2.24, 2.45) is 5.92 Å². The van der Waals surface area contributed by atoms with Crippen LogP contribution in [0, 0.1) is 5.92 Å². The maximum Gasteiger partial charge on any atom is 0.272 e. The molecule has 7 heteroatoms. The summed E-state index contributed by atoms with van der Waals surface area (Å²) in [6.45, 7) is 4.02.